The lowest BCUT2D eigenvalue weighted by Crippen LogP contribution is -2.54. The Morgan fingerprint density at radius 1 is 1.28 bits per heavy atom. The predicted octanol–water partition coefficient (Wildman–Crippen LogP) is 1.57. The summed E-state index contributed by atoms with van der Waals surface area (Å²) in [6.07, 6.45) is 1.46. The van der Waals surface area contributed by atoms with E-state index in [4.69, 9.17) is 40.1 Å². The molecular formula is C15H15Cl2N7O. The number of nitrogens with one attached hydrogen (secondary N) is 1. The van der Waals surface area contributed by atoms with Gasteiger partial charge in [0.15, 0.2) is 17.6 Å². The summed E-state index contributed by atoms with van der Waals surface area (Å²) >= 11 is 12.2. The lowest BCUT2D eigenvalue weighted by Gasteiger charge is -2.33. The predicted molar refractivity (Wildman–Crippen MR) is 97.7 cm³/mol. The molecule has 8 nitrogen and oxygen atoms in total. The molecule has 25 heavy (non-hydrogen) atoms. The maximum atomic E-state index is 12.3. The van der Waals surface area contributed by atoms with Crippen molar-refractivity contribution in [1.29, 1.82) is 5.41 Å². The van der Waals surface area contributed by atoms with Crippen molar-refractivity contribution in [3.05, 3.63) is 34.4 Å². The molecule has 5 N–H and O–H groups in total. The van der Waals surface area contributed by atoms with Gasteiger partial charge in [-0.2, -0.15) is 0 Å². The fourth-order valence-electron chi connectivity index (χ4n) is 2.54. The lowest BCUT2D eigenvalue weighted by atomic mass is 10.1. The molecule has 1 aromatic heterocycles. The zero-order valence-corrected chi connectivity index (χ0v) is 14.6. The van der Waals surface area contributed by atoms with Gasteiger partial charge in [0.25, 0.3) is 0 Å². The first kappa shape index (κ1) is 17.2. The maximum Gasteiger partial charge on any atom is 0.247 e. The van der Waals surface area contributed by atoms with Crippen LogP contribution >= 0.6 is 23.2 Å². The average molecular weight is 380 g/mol. The van der Waals surface area contributed by atoms with Crippen molar-refractivity contribution in [3.8, 4) is 11.3 Å². The fraction of sp³-hybridized carbons (Fsp3) is 0.200. The molecule has 0 unspecified atom stereocenters. The van der Waals surface area contributed by atoms with Gasteiger partial charge in [0.2, 0.25) is 5.91 Å². The number of benzene rings is 1. The van der Waals surface area contributed by atoms with Crippen LogP contribution < -0.4 is 16.4 Å². The number of nitrogens with zero attached hydrogens (tertiary/aromatic N) is 4. The zero-order chi connectivity index (χ0) is 18.1. The highest BCUT2D eigenvalue weighted by Gasteiger charge is 2.27. The van der Waals surface area contributed by atoms with Crippen LogP contribution in [0.25, 0.3) is 11.3 Å². The van der Waals surface area contributed by atoms with Crippen molar-refractivity contribution in [3.63, 3.8) is 0 Å². The Labute approximate surface area is 153 Å². The summed E-state index contributed by atoms with van der Waals surface area (Å²) in [4.78, 5) is 23.8. The molecule has 1 amide bonds. The third-order valence-corrected chi connectivity index (χ3v) is 4.65. The van der Waals surface area contributed by atoms with Gasteiger partial charge >= 0.3 is 0 Å². The number of piperazine rings is 1. The number of nitrogens with two attached hydrogens (primary N) is 2. The number of halogens is 2. The van der Waals surface area contributed by atoms with Crippen molar-refractivity contribution in [1.82, 2.24) is 14.9 Å². The van der Waals surface area contributed by atoms with E-state index in [1.54, 1.807) is 18.2 Å². The van der Waals surface area contributed by atoms with Crippen LogP contribution in [0.1, 0.15) is 0 Å². The Kier molecular flexibility index (Phi) is 4.65. The molecule has 0 saturated carbocycles. The van der Waals surface area contributed by atoms with Gasteiger partial charge in [-0.3, -0.25) is 15.1 Å². The van der Waals surface area contributed by atoms with Crippen LogP contribution in [0.3, 0.4) is 0 Å². The SMILES string of the molecule is N=C(N)N1CCN(c2cnc(-c3cccc(Cl)c3Cl)c(N)n2)C(=O)C1. The fourth-order valence-corrected chi connectivity index (χ4v) is 2.93. The third-order valence-electron chi connectivity index (χ3n) is 3.83. The molecule has 10 heteroatoms. The Morgan fingerprint density at radius 2 is 2.04 bits per heavy atom. The van der Waals surface area contributed by atoms with E-state index in [2.05, 4.69) is 9.97 Å². The summed E-state index contributed by atoms with van der Waals surface area (Å²) in [6.45, 7) is 0.785. The zero-order valence-electron chi connectivity index (χ0n) is 13.0. The summed E-state index contributed by atoms with van der Waals surface area (Å²) in [7, 11) is 0. The number of rotatable bonds is 2. The van der Waals surface area contributed by atoms with Gasteiger partial charge in [-0.25, -0.2) is 9.97 Å². The standard InChI is InChI=1S/C15H15Cl2N7O/c16-9-3-1-2-8(12(9)17)13-14(18)22-10(6-21-13)24-5-4-23(15(19)20)7-11(24)25/h1-3,6H,4-5,7H2,(H2,18,22)(H3,19,20). The van der Waals surface area contributed by atoms with Crippen LogP contribution in [0.15, 0.2) is 24.4 Å². The van der Waals surface area contributed by atoms with E-state index in [-0.39, 0.29) is 24.2 Å². The largest absolute Gasteiger partial charge is 0.382 e. The molecule has 0 aliphatic carbocycles. The smallest absolute Gasteiger partial charge is 0.247 e. The van der Waals surface area contributed by atoms with Gasteiger partial charge in [0.1, 0.15) is 12.2 Å². The molecule has 2 aromatic rings. The minimum atomic E-state index is -0.233. The summed E-state index contributed by atoms with van der Waals surface area (Å²) in [6, 6.07) is 5.15. The summed E-state index contributed by atoms with van der Waals surface area (Å²) in [5.74, 6) is 0.115. The van der Waals surface area contributed by atoms with Gasteiger partial charge in [-0.15, -0.1) is 0 Å². The van der Waals surface area contributed by atoms with E-state index in [9.17, 15) is 4.79 Å². The summed E-state index contributed by atoms with van der Waals surface area (Å²) in [5, 5.41) is 8.13. The summed E-state index contributed by atoms with van der Waals surface area (Å²) < 4.78 is 0. The molecule has 1 aromatic carbocycles. The van der Waals surface area contributed by atoms with Crippen molar-refractivity contribution >= 4 is 46.7 Å². The third kappa shape index (κ3) is 3.31. The van der Waals surface area contributed by atoms with Crippen molar-refractivity contribution in [2.75, 3.05) is 30.3 Å². The quantitative estimate of drug-likeness (QED) is 0.537. The van der Waals surface area contributed by atoms with E-state index in [1.165, 1.54) is 16.0 Å². The number of guanidine groups is 1. The number of hydrogen-bond acceptors (Lipinski definition) is 5. The molecule has 1 aliphatic rings. The normalized spacial score (nSPS) is 14.7. The van der Waals surface area contributed by atoms with E-state index >= 15 is 0 Å². The molecule has 2 heterocycles. The Morgan fingerprint density at radius 3 is 2.68 bits per heavy atom. The van der Waals surface area contributed by atoms with Crippen LogP contribution in [0.2, 0.25) is 10.0 Å². The second kappa shape index (κ2) is 6.73. The van der Waals surface area contributed by atoms with Crippen LogP contribution in [0.5, 0.6) is 0 Å². The monoisotopic (exact) mass is 379 g/mol. The van der Waals surface area contributed by atoms with Gasteiger partial charge in [-0.1, -0.05) is 35.3 Å². The molecule has 0 spiro atoms. The molecule has 0 radical (unpaired) electrons. The number of anilines is 2. The molecule has 1 saturated heterocycles. The summed E-state index contributed by atoms with van der Waals surface area (Å²) in [5.41, 5.74) is 12.4. The maximum absolute atomic E-state index is 12.3. The Hall–Kier alpha value is -2.58. The highest BCUT2D eigenvalue weighted by atomic mass is 35.5. The van der Waals surface area contributed by atoms with Crippen LogP contribution in [0, 0.1) is 5.41 Å². The molecular weight excluding hydrogens is 365 g/mol. The van der Waals surface area contributed by atoms with Crippen LogP contribution in [-0.4, -0.2) is 46.4 Å². The lowest BCUT2D eigenvalue weighted by molar-refractivity contribution is -0.120. The minimum absolute atomic E-state index is 0.0127. The first-order valence-corrected chi connectivity index (χ1v) is 8.10. The highest BCUT2D eigenvalue weighted by Crippen LogP contribution is 2.35. The molecule has 3 rings (SSSR count). The van der Waals surface area contributed by atoms with E-state index in [0.29, 0.717) is 40.2 Å². The average Bonchev–Trinajstić information content (AvgIpc) is 2.57. The first-order chi connectivity index (χ1) is 11.9. The van der Waals surface area contributed by atoms with Crippen molar-refractivity contribution in [2.45, 2.75) is 0 Å². The minimum Gasteiger partial charge on any atom is -0.382 e. The van der Waals surface area contributed by atoms with Crippen molar-refractivity contribution < 1.29 is 4.79 Å². The van der Waals surface area contributed by atoms with Gasteiger partial charge < -0.3 is 16.4 Å². The number of hydrogen-bond donors (Lipinski definition) is 3. The second-order valence-corrected chi connectivity index (χ2v) is 6.20. The molecule has 0 bridgehead atoms. The number of amides is 1. The second-order valence-electron chi connectivity index (χ2n) is 5.42. The highest BCUT2D eigenvalue weighted by molar-refractivity contribution is 6.43. The number of nitrogen functional groups attached to an aromatic ring is 1. The van der Waals surface area contributed by atoms with E-state index in [1.807, 2.05) is 0 Å². The number of carbonyl (C=O) groups excluding carboxylic acids is 1. The number of carbonyl (C=O) groups is 1. The van der Waals surface area contributed by atoms with Crippen LogP contribution in [0.4, 0.5) is 11.6 Å². The Bertz CT molecular complexity index is 858. The van der Waals surface area contributed by atoms with E-state index in [0.717, 1.165) is 0 Å². The van der Waals surface area contributed by atoms with Gasteiger partial charge in [0.05, 0.1) is 16.2 Å². The molecule has 1 fully saturated rings. The van der Waals surface area contributed by atoms with Crippen molar-refractivity contribution in [2.24, 2.45) is 5.73 Å². The van der Waals surface area contributed by atoms with Crippen LogP contribution in [-0.2, 0) is 4.79 Å². The number of aromatic nitrogens is 2. The molecule has 1 aliphatic heterocycles. The Balaban J connectivity index is 1.89. The first-order valence-electron chi connectivity index (χ1n) is 7.34. The molecule has 130 valence electrons. The molecule has 0 atom stereocenters. The topological polar surface area (TPSA) is 125 Å². The van der Waals surface area contributed by atoms with Gasteiger partial charge in [0, 0.05) is 18.7 Å². The van der Waals surface area contributed by atoms with Gasteiger partial charge in [-0.05, 0) is 6.07 Å². The van der Waals surface area contributed by atoms with E-state index < -0.39 is 0 Å².